The van der Waals surface area contributed by atoms with Crippen LogP contribution in [0.15, 0.2) is 48.8 Å². The van der Waals surface area contributed by atoms with Gasteiger partial charge in [0.25, 0.3) is 0 Å². The smallest absolute Gasteiger partial charge is 0.246 e. The van der Waals surface area contributed by atoms with Crippen molar-refractivity contribution in [1.29, 1.82) is 0 Å². The Morgan fingerprint density at radius 3 is 2.71 bits per heavy atom. The molecule has 1 aromatic carbocycles. The quantitative estimate of drug-likeness (QED) is 0.724. The molecule has 1 amide bonds. The fraction of sp³-hybridized carbons (Fsp3) is 0.188. The number of carbonyl (C=O) groups excluding carboxylic acids is 1. The molecule has 0 spiro atoms. The Bertz CT molecular complexity index is 913. The number of amides is 1. The molecular formula is C16H16FN5OS. The second kappa shape index (κ2) is 6.79. The highest BCUT2D eigenvalue weighted by Crippen LogP contribution is 2.10. The van der Waals surface area contributed by atoms with E-state index in [2.05, 4.69) is 10.4 Å². The Morgan fingerprint density at radius 2 is 2.04 bits per heavy atom. The summed E-state index contributed by atoms with van der Waals surface area (Å²) in [6.45, 7) is 1.92. The van der Waals surface area contributed by atoms with Crippen LogP contribution in [-0.4, -0.2) is 25.0 Å². The Labute approximate surface area is 143 Å². The summed E-state index contributed by atoms with van der Waals surface area (Å²) in [4.78, 5) is 12.2. The molecule has 0 fully saturated rings. The van der Waals surface area contributed by atoms with E-state index < -0.39 is 5.82 Å². The van der Waals surface area contributed by atoms with E-state index in [4.69, 9.17) is 12.2 Å². The lowest BCUT2D eigenvalue weighted by molar-refractivity contribution is -0.116. The average Bonchev–Trinajstić information content (AvgIpc) is 3.16. The van der Waals surface area contributed by atoms with Crippen molar-refractivity contribution in [2.45, 2.75) is 19.9 Å². The number of carbonyl (C=O) groups is 1. The van der Waals surface area contributed by atoms with Crippen LogP contribution >= 0.6 is 12.2 Å². The lowest BCUT2D eigenvalue weighted by atomic mass is 10.3. The topological polar surface area (TPSA) is 56.8 Å². The van der Waals surface area contributed by atoms with Gasteiger partial charge in [0.2, 0.25) is 10.7 Å². The molecule has 0 aliphatic carbocycles. The van der Waals surface area contributed by atoms with Gasteiger partial charge in [-0.3, -0.25) is 9.47 Å². The van der Waals surface area contributed by atoms with E-state index in [1.54, 1.807) is 10.7 Å². The zero-order valence-electron chi connectivity index (χ0n) is 13.0. The van der Waals surface area contributed by atoms with Gasteiger partial charge in [-0.25, -0.2) is 13.7 Å². The lowest BCUT2D eigenvalue weighted by Crippen LogP contribution is -2.20. The third-order valence-corrected chi connectivity index (χ3v) is 3.80. The van der Waals surface area contributed by atoms with E-state index in [0.717, 1.165) is 5.82 Å². The molecule has 0 aliphatic heterocycles. The van der Waals surface area contributed by atoms with Crippen molar-refractivity contribution < 1.29 is 9.18 Å². The summed E-state index contributed by atoms with van der Waals surface area (Å²) in [6, 6.07) is 9.50. The van der Waals surface area contributed by atoms with Crippen LogP contribution in [0.25, 0.3) is 0 Å². The summed E-state index contributed by atoms with van der Waals surface area (Å²) in [5.74, 6) is 0.0147. The zero-order valence-corrected chi connectivity index (χ0v) is 13.8. The summed E-state index contributed by atoms with van der Waals surface area (Å²) in [7, 11) is 0. The van der Waals surface area contributed by atoms with E-state index in [9.17, 15) is 9.18 Å². The summed E-state index contributed by atoms with van der Waals surface area (Å²) < 4.78 is 18.6. The molecule has 3 rings (SSSR count). The van der Waals surface area contributed by atoms with Gasteiger partial charge in [-0.15, -0.1) is 0 Å². The molecule has 0 unspecified atom stereocenters. The van der Waals surface area contributed by atoms with Gasteiger partial charge >= 0.3 is 0 Å². The van der Waals surface area contributed by atoms with Crippen LogP contribution in [0.5, 0.6) is 0 Å². The maximum atomic E-state index is 13.2. The number of hydrogen-bond acceptors (Lipinski definition) is 3. The standard InChI is InChI=1S/C16H16FN5OS/c1-2-14-19-21(16(24)22(14)20-8-3-4-9-20)11-15(23)18-13-7-5-6-12(17)10-13/h3-10H,2,11H2,1H3,(H,18,23). The van der Waals surface area contributed by atoms with E-state index in [1.165, 1.54) is 22.9 Å². The first-order valence-corrected chi connectivity index (χ1v) is 7.87. The highest BCUT2D eigenvalue weighted by molar-refractivity contribution is 7.71. The van der Waals surface area contributed by atoms with Crippen LogP contribution in [0.4, 0.5) is 10.1 Å². The lowest BCUT2D eigenvalue weighted by Gasteiger charge is -2.06. The van der Waals surface area contributed by atoms with Gasteiger partial charge in [0.1, 0.15) is 12.4 Å². The van der Waals surface area contributed by atoms with Gasteiger partial charge in [-0.2, -0.15) is 5.10 Å². The fourth-order valence-electron chi connectivity index (χ4n) is 2.36. The molecule has 2 heterocycles. The molecule has 0 aliphatic rings. The number of halogens is 1. The molecule has 24 heavy (non-hydrogen) atoms. The van der Waals surface area contributed by atoms with Crippen molar-refractivity contribution in [1.82, 2.24) is 19.1 Å². The molecule has 0 radical (unpaired) electrons. The fourth-order valence-corrected chi connectivity index (χ4v) is 2.67. The molecule has 1 N–H and O–H groups in total. The number of nitrogens with zero attached hydrogens (tertiary/aromatic N) is 4. The highest BCUT2D eigenvalue weighted by atomic mass is 32.1. The maximum Gasteiger partial charge on any atom is 0.246 e. The second-order valence-corrected chi connectivity index (χ2v) is 5.51. The molecule has 8 heteroatoms. The Hall–Kier alpha value is -2.74. The number of anilines is 1. The molecule has 0 saturated heterocycles. The summed E-state index contributed by atoms with van der Waals surface area (Å²) in [6.07, 6.45) is 4.38. The van der Waals surface area contributed by atoms with Crippen LogP contribution in [0.3, 0.4) is 0 Å². The summed E-state index contributed by atoms with van der Waals surface area (Å²) in [5, 5.41) is 7.04. The number of aryl methyl sites for hydroxylation is 1. The van der Waals surface area contributed by atoms with E-state index in [-0.39, 0.29) is 12.5 Å². The molecule has 2 aromatic heterocycles. The van der Waals surface area contributed by atoms with Crippen molar-refractivity contribution in [2.75, 3.05) is 5.32 Å². The maximum absolute atomic E-state index is 13.2. The number of rotatable bonds is 5. The Morgan fingerprint density at radius 1 is 1.29 bits per heavy atom. The van der Waals surface area contributed by atoms with Crippen molar-refractivity contribution in [3.63, 3.8) is 0 Å². The molecule has 3 aromatic rings. The molecule has 124 valence electrons. The normalized spacial score (nSPS) is 10.8. The first-order chi connectivity index (χ1) is 11.6. The minimum absolute atomic E-state index is 0.0450. The predicted molar refractivity (Wildman–Crippen MR) is 90.7 cm³/mol. The molecule has 0 saturated carbocycles. The average molecular weight is 345 g/mol. The number of aromatic nitrogens is 4. The van der Waals surface area contributed by atoms with Gasteiger partial charge < -0.3 is 5.32 Å². The van der Waals surface area contributed by atoms with Crippen molar-refractivity contribution in [3.8, 4) is 0 Å². The number of hydrogen-bond donors (Lipinski definition) is 1. The van der Waals surface area contributed by atoms with Crippen molar-refractivity contribution in [2.24, 2.45) is 0 Å². The van der Waals surface area contributed by atoms with Gasteiger partial charge in [0.15, 0.2) is 5.82 Å². The van der Waals surface area contributed by atoms with Gasteiger partial charge in [0, 0.05) is 24.5 Å². The number of benzene rings is 1. The monoisotopic (exact) mass is 345 g/mol. The molecule has 0 atom stereocenters. The SMILES string of the molecule is CCc1nn(CC(=O)Nc2cccc(F)c2)c(=S)n1-n1cccc1. The van der Waals surface area contributed by atoms with Gasteiger partial charge in [-0.1, -0.05) is 13.0 Å². The van der Waals surface area contributed by atoms with Crippen LogP contribution in [-0.2, 0) is 17.8 Å². The minimum atomic E-state index is -0.408. The van der Waals surface area contributed by atoms with Crippen molar-refractivity contribution >= 4 is 23.8 Å². The first-order valence-electron chi connectivity index (χ1n) is 7.46. The molecule has 0 bridgehead atoms. The third kappa shape index (κ3) is 3.28. The van der Waals surface area contributed by atoms with Crippen LogP contribution < -0.4 is 5.32 Å². The third-order valence-electron chi connectivity index (χ3n) is 3.42. The Balaban J connectivity index is 1.83. The highest BCUT2D eigenvalue weighted by Gasteiger charge is 2.13. The van der Waals surface area contributed by atoms with E-state index in [0.29, 0.717) is 16.9 Å². The number of nitrogens with one attached hydrogen (secondary N) is 1. The second-order valence-electron chi connectivity index (χ2n) is 5.14. The predicted octanol–water partition coefficient (Wildman–Crippen LogP) is 2.87. The van der Waals surface area contributed by atoms with Gasteiger partial charge in [-0.05, 0) is 42.5 Å². The van der Waals surface area contributed by atoms with Crippen molar-refractivity contribution in [3.05, 3.63) is 65.2 Å². The zero-order chi connectivity index (χ0) is 17.1. The Kier molecular flexibility index (Phi) is 4.57. The molecular weight excluding hydrogens is 329 g/mol. The van der Waals surface area contributed by atoms with Crippen LogP contribution in [0.1, 0.15) is 12.7 Å². The van der Waals surface area contributed by atoms with Crippen LogP contribution in [0, 0.1) is 10.6 Å². The first kappa shape index (κ1) is 16.1. The van der Waals surface area contributed by atoms with E-state index >= 15 is 0 Å². The molecule has 6 nitrogen and oxygen atoms in total. The summed E-state index contributed by atoms with van der Waals surface area (Å²) >= 11 is 5.43. The van der Waals surface area contributed by atoms with E-state index in [1.807, 2.05) is 36.1 Å². The minimum Gasteiger partial charge on any atom is -0.324 e. The largest absolute Gasteiger partial charge is 0.324 e. The summed E-state index contributed by atoms with van der Waals surface area (Å²) in [5.41, 5.74) is 0.395. The van der Waals surface area contributed by atoms with Crippen LogP contribution in [0.2, 0.25) is 0 Å². The van der Waals surface area contributed by atoms with Gasteiger partial charge in [0.05, 0.1) is 0 Å².